The molecule has 0 spiro atoms. The number of carbonyl (C=O) groups excluding carboxylic acids is 1. The van der Waals surface area contributed by atoms with Crippen LogP contribution in [-0.2, 0) is 11.2 Å². The summed E-state index contributed by atoms with van der Waals surface area (Å²) in [6, 6.07) is 18.3. The second-order valence-corrected chi connectivity index (χ2v) is 6.49. The van der Waals surface area contributed by atoms with E-state index in [1.807, 2.05) is 36.4 Å². The fraction of sp³-hybridized carbons (Fsp3) is 0.0870. The fourth-order valence-corrected chi connectivity index (χ4v) is 2.76. The van der Waals surface area contributed by atoms with Gasteiger partial charge in [0.25, 0.3) is 0 Å². The number of aryl methyl sites for hydroxylation is 1. The Kier molecular flexibility index (Phi) is 7.21. The number of hydrogen-bond acceptors (Lipinski definition) is 5. The zero-order valence-electron chi connectivity index (χ0n) is 16.9. The maximum Gasteiger partial charge on any atom is 0.248 e. The zero-order valence-corrected chi connectivity index (χ0v) is 16.9. The number of nitrogens with one attached hydrogen (secondary N) is 2. The van der Waals surface area contributed by atoms with Crippen LogP contribution in [0.2, 0.25) is 0 Å². The van der Waals surface area contributed by atoms with E-state index in [4.69, 9.17) is 16.0 Å². The number of anilines is 1. The van der Waals surface area contributed by atoms with Crippen molar-refractivity contribution in [2.45, 2.75) is 13.3 Å². The molecular weight excluding hydrogens is 392 g/mol. The summed E-state index contributed by atoms with van der Waals surface area (Å²) < 4.78 is 5.84. The summed E-state index contributed by atoms with van der Waals surface area (Å²) in [5.74, 6) is 5.65. The van der Waals surface area contributed by atoms with Gasteiger partial charge in [0.2, 0.25) is 5.91 Å². The predicted molar refractivity (Wildman–Crippen MR) is 120 cm³/mol. The van der Waals surface area contributed by atoms with Crippen molar-refractivity contribution >= 4 is 23.5 Å². The quantitative estimate of drug-likeness (QED) is 0.129. The lowest BCUT2D eigenvalue weighted by atomic mass is 10.1. The molecule has 0 fully saturated rings. The molecule has 3 rings (SSSR count). The van der Waals surface area contributed by atoms with Gasteiger partial charge in [-0.05, 0) is 54.0 Å². The van der Waals surface area contributed by atoms with Crippen molar-refractivity contribution in [1.29, 1.82) is 5.41 Å². The standard InChI is InChI=1S/C23H22N6O2/c1-2-16-5-3-7-18(13-16)27-22(30)10-9-17-6-4-8-19(14-17)31-20-11-12-26-21(15-20)23(24)28-29-25/h3-15H,2H2,1H3,(H,27,30)(H3,24,25,28)/b10-9+. The Balaban J connectivity index is 1.67. The van der Waals surface area contributed by atoms with E-state index in [0.29, 0.717) is 11.5 Å². The van der Waals surface area contributed by atoms with E-state index < -0.39 is 0 Å². The fourth-order valence-electron chi connectivity index (χ4n) is 2.76. The number of hydrogen-bond donors (Lipinski definition) is 3. The Morgan fingerprint density at radius 3 is 2.77 bits per heavy atom. The molecule has 1 aromatic heterocycles. The van der Waals surface area contributed by atoms with Crippen LogP contribution < -0.4 is 15.9 Å². The van der Waals surface area contributed by atoms with Crippen LogP contribution in [0.5, 0.6) is 11.5 Å². The van der Waals surface area contributed by atoms with Crippen LogP contribution in [0.15, 0.2) is 83.3 Å². The average Bonchev–Trinajstić information content (AvgIpc) is 2.78. The van der Waals surface area contributed by atoms with Crippen molar-refractivity contribution in [3.05, 3.63) is 89.8 Å². The molecule has 0 atom stereocenters. The van der Waals surface area contributed by atoms with Gasteiger partial charge in [0.05, 0.1) is 0 Å². The predicted octanol–water partition coefficient (Wildman–Crippen LogP) is 4.74. The molecule has 0 aliphatic heterocycles. The first-order chi connectivity index (χ1) is 15.1. The van der Waals surface area contributed by atoms with Crippen molar-refractivity contribution in [3.63, 3.8) is 0 Å². The van der Waals surface area contributed by atoms with Crippen LogP contribution in [0.1, 0.15) is 23.7 Å². The average molecular weight is 414 g/mol. The molecule has 0 aliphatic carbocycles. The van der Waals surface area contributed by atoms with Gasteiger partial charge in [0.15, 0.2) is 5.84 Å². The Morgan fingerprint density at radius 1 is 1.16 bits per heavy atom. The zero-order chi connectivity index (χ0) is 22.1. The minimum atomic E-state index is -0.217. The van der Waals surface area contributed by atoms with Gasteiger partial charge < -0.3 is 15.9 Å². The van der Waals surface area contributed by atoms with Crippen molar-refractivity contribution in [2.75, 3.05) is 5.32 Å². The number of carbonyl (C=O) groups is 1. The molecule has 0 aliphatic rings. The minimum Gasteiger partial charge on any atom is -0.457 e. The van der Waals surface area contributed by atoms with Gasteiger partial charge in [-0.2, -0.15) is 0 Å². The van der Waals surface area contributed by atoms with Crippen molar-refractivity contribution in [3.8, 4) is 11.5 Å². The van der Waals surface area contributed by atoms with E-state index >= 15 is 0 Å². The second kappa shape index (κ2) is 10.4. The van der Waals surface area contributed by atoms with Crippen molar-refractivity contribution in [1.82, 2.24) is 4.98 Å². The molecule has 0 unspecified atom stereocenters. The number of nitrogens with two attached hydrogens (primary N) is 1. The van der Waals surface area contributed by atoms with Gasteiger partial charge in [0.1, 0.15) is 17.2 Å². The molecule has 0 saturated heterocycles. The highest BCUT2D eigenvalue weighted by molar-refractivity contribution is 6.02. The molecule has 31 heavy (non-hydrogen) atoms. The highest BCUT2D eigenvalue weighted by atomic mass is 16.5. The van der Waals surface area contributed by atoms with E-state index in [2.05, 4.69) is 27.6 Å². The Morgan fingerprint density at radius 2 is 1.97 bits per heavy atom. The molecule has 0 bridgehead atoms. The number of ether oxygens (including phenoxy) is 1. The minimum absolute atomic E-state index is 0.167. The topological polar surface area (TPSA) is 126 Å². The number of aromatic nitrogens is 1. The first kappa shape index (κ1) is 21.4. The lowest BCUT2D eigenvalue weighted by Gasteiger charge is -2.07. The molecule has 156 valence electrons. The summed E-state index contributed by atoms with van der Waals surface area (Å²) in [4.78, 5) is 16.3. The molecular formula is C23H22N6O2. The van der Waals surface area contributed by atoms with Crippen LogP contribution in [0.3, 0.4) is 0 Å². The van der Waals surface area contributed by atoms with Crippen LogP contribution in [0.4, 0.5) is 5.69 Å². The maximum absolute atomic E-state index is 12.2. The van der Waals surface area contributed by atoms with Crippen LogP contribution in [-0.4, -0.2) is 16.7 Å². The molecule has 2 aromatic carbocycles. The third-order valence-electron chi connectivity index (χ3n) is 4.26. The van der Waals surface area contributed by atoms with Gasteiger partial charge >= 0.3 is 0 Å². The number of benzene rings is 2. The summed E-state index contributed by atoms with van der Waals surface area (Å²) in [5.41, 5.74) is 3.01. The molecule has 1 heterocycles. The molecule has 8 heteroatoms. The molecule has 4 N–H and O–H groups in total. The summed E-state index contributed by atoms with van der Waals surface area (Å²) in [6.45, 7) is 2.07. The summed E-state index contributed by atoms with van der Waals surface area (Å²) in [7, 11) is 0. The number of rotatable bonds is 7. The largest absolute Gasteiger partial charge is 0.457 e. The van der Waals surface area contributed by atoms with Crippen LogP contribution in [0.25, 0.3) is 6.08 Å². The molecule has 1 amide bonds. The third kappa shape index (κ3) is 6.33. The Hall–Kier alpha value is -4.33. The first-order valence-electron chi connectivity index (χ1n) is 9.59. The van der Waals surface area contributed by atoms with E-state index in [-0.39, 0.29) is 17.4 Å². The van der Waals surface area contributed by atoms with E-state index in [0.717, 1.165) is 23.2 Å². The summed E-state index contributed by atoms with van der Waals surface area (Å²) >= 11 is 0. The van der Waals surface area contributed by atoms with Crippen molar-refractivity contribution < 1.29 is 9.53 Å². The number of amides is 1. The van der Waals surface area contributed by atoms with Gasteiger partial charge in [-0.1, -0.05) is 36.4 Å². The summed E-state index contributed by atoms with van der Waals surface area (Å²) in [5, 5.41) is 17.1. The lowest BCUT2D eigenvalue weighted by molar-refractivity contribution is -0.111. The monoisotopic (exact) mass is 414 g/mol. The Bertz CT molecular complexity index is 1140. The van der Waals surface area contributed by atoms with E-state index in [1.165, 1.54) is 12.3 Å². The number of pyridine rings is 1. The highest BCUT2D eigenvalue weighted by Gasteiger charge is 2.05. The lowest BCUT2D eigenvalue weighted by Crippen LogP contribution is -2.07. The molecule has 8 nitrogen and oxygen atoms in total. The molecule has 0 radical (unpaired) electrons. The molecule has 3 aromatic rings. The number of nitrogens with zero attached hydrogens (tertiary/aromatic N) is 3. The smallest absolute Gasteiger partial charge is 0.248 e. The van der Waals surface area contributed by atoms with Gasteiger partial charge in [-0.3, -0.25) is 15.2 Å². The van der Waals surface area contributed by atoms with Crippen LogP contribution in [0, 0.1) is 5.41 Å². The first-order valence-corrected chi connectivity index (χ1v) is 9.59. The summed E-state index contributed by atoms with van der Waals surface area (Å²) in [6.07, 6.45) is 5.60. The Labute approximate surface area is 180 Å². The van der Waals surface area contributed by atoms with Crippen LogP contribution >= 0.6 is 0 Å². The second-order valence-electron chi connectivity index (χ2n) is 6.49. The van der Waals surface area contributed by atoms with Gasteiger partial charge in [0, 0.05) is 24.0 Å². The molecule has 0 saturated carbocycles. The van der Waals surface area contributed by atoms with E-state index in [1.54, 1.807) is 30.3 Å². The SMILES string of the molecule is CCc1cccc(NC(=O)/C=C/c2cccc(Oc3ccnc(C(=N)N=NN)c3)c2)c1. The maximum atomic E-state index is 12.2. The highest BCUT2D eigenvalue weighted by Crippen LogP contribution is 2.23. The van der Waals surface area contributed by atoms with Crippen molar-refractivity contribution in [2.24, 2.45) is 16.2 Å². The van der Waals surface area contributed by atoms with Gasteiger partial charge in [-0.15, -0.1) is 5.11 Å². The number of amidine groups is 1. The van der Waals surface area contributed by atoms with Gasteiger partial charge in [-0.25, -0.2) is 0 Å². The normalized spacial score (nSPS) is 11.0. The third-order valence-corrected chi connectivity index (χ3v) is 4.26. The van der Waals surface area contributed by atoms with E-state index in [9.17, 15) is 4.79 Å².